The molecule has 1 fully saturated rings. The third-order valence-corrected chi connectivity index (χ3v) is 3.78. The molecule has 0 spiro atoms. The second kappa shape index (κ2) is 5.64. The van der Waals surface area contributed by atoms with Crippen LogP contribution >= 0.6 is 0 Å². The lowest BCUT2D eigenvalue weighted by Gasteiger charge is -1.88. The van der Waals surface area contributed by atoms with Crippen LogP contribution in [-0.2, 0) is 24.4 Å². The van der Waals surface area contributed by atoms with Gasteiger partial charge in [0.2, 0.25) is 0 Å². The van der Waals surface area contributed by atoms with Gasteiger partial charge in [-0.15, -0.1) is 0 Å². The van der Waals surface area contributed by atoms with Crippen molar-refractivity contribution < 1.29 is 25.6 Å². The monoisotopic (exact) mass is 246 g/mol. The Balaban J connectivity index is 0.000000241. The molecule has 6 nitrogen and oxygen atoms in total. The predicted molar refractivity (Wildman–Crippen MR) is 51.1 cm³/mol. The van der Waals surface area contributed by atoms with Crippen LogP contribution in [0.1, 0.15) is 19.8 Å². The van der Waals surface area contributed by atoms with Crippen molar-refractivity contribution in [2.24, 2.45) is 0 Å². The molecule has 0 aliphatic carbocycles. The van der Waals surface area contributed by atoms with E-state index >= 15 is 0 Å². The first-order chi connectivity index (χ1) is 6.27. The van der Waals surface area contributed by atoms with Crippen LogP contribution in [0.15, 0.2) is 0 Å². The van der Waals surface area contributed by atoms with E-state index in [-0.39, 0.29) is 6.61 Å². The molecule has 0 atom stereocenters. The SMILES string of the molecule is CCOS(=O)(=O)O.O=S1(=O)CCCC1. The molecule has 0 aromatic carbocycles. The summed E-state index contributed by atoms with van der Waals surface area (Å²) in [6.07, 6.45) is 1.75. The van der Waals surface area contributed by atoms with Crippen molar-refractivity contribution in [1.82, 2.24) is 0 Å². The van der Waals surface area contributed by atoms with E-state index in [1.165, 1.54) is 6.92 Å². The average Bonchev–Trinajstić information content (AvgIpc) is 2.32. The maximum absolute atomic E-state index is 10.4. The van der Waals surface area contributed by atoms with E-state index in [0.29, 0.717) is 11.5 Å². The van der Waals surface area contributed by atoms with Gasteiger partial charge in [-0.05, 0) is 19.8 Å². The molecule has 1 heterocycles. The van der Waals surface area contributed by atoms with Gasteiger partial charge in [-0.2, -0.15) is 8.42 Å². The van der Waals surface area contributed by atoms with E-state index in [4.69, 9.17) is 4.55 Å². The van der Waals surface area contributed by atoms with Gasteiger partial charge in [-0.1, -0.05) is 0 Å². The Hall–Kier alpha value is -0.180. The van der Waals surface area contributed by atoms with Crippen LogP contribution in [0.4, 0.5) is 0 Å². The summed E-state index contributed by atoms with van der Waals surface area (Å²) in [6.45, 7) is 1.44. The lowest BCUT2D eigenvalue weighted by Crippen LogP contribution is -2.01. The van der Waals surface area contributed by atoms with Crippen molar-refractivity contribution in [3.8, 4) is 0 Å². The van der Waals surface area contributed by atoms with E-state index in [1.54, 1.807) is 0 Å². The molecule has 8 heteroatoms. The third-order valence-electron chi connectivity index (χ3n) is 1.43. The van der Waals surface area contributed by atoms with Gasteiger partial charge in [-0.3, -0.25) is 4.55 Å². The molecule has 14 heavy (non-hydrogen) atoms. The van der Waals surface area contributed by atoms with Crippen LogP contribution in [0, 0.1) is 0 Å². The zero-order valence-electron chi connectivity index (χ0n) is 7.84. The fourth-order valence-electron chi connectivity index (χ4n) is 0.895. The van der Waals surface area contributed by atoms with Gasteiger partial charge < -0.3 is 0 Å². The summed E-state index contributed by atoms with van der Waals surface area (Å²) in [5.74, 6) is 0.847. The molecule has 1 aliphatic rings. The van der Waals surface area contributed by atoms with Gasteiger partial charge in [0.25, 0.3) is 0 Å². The van der Waals surface area contributed by atoms with E-state index in [9.17, 15) is 16.8 Å². The predicted octanol–water partition coefficient (Wildman–Crippen LogP) is 0.0207. The van der Waals surface area contributed by atoms with E-state index in [1.807, 2.05) is 0 Å². The second-order valence-corrected chi connectivity index (χ2v) is 6.09. The smallest absolute Gasteiger partial charge is 0.264 e. The average molecular weight is 246 g/mol. The molecule has 86 valence electrons. The Morgan fingerprint density at radius 1 is 1.29 bits per heavy atom. The van der Waals surface area contributed by atoms with Crippen LogP contribution in [0.5, 0.6) is 0 Å². The summed E-state index contributed by atoms with van der Waals surface area (Å²) < 4.78 is 51.5. The maximum Gasteiger partial charge on any atom is 0.397 e. The topological polar surface area (TPSA) is 97.7 Å². The Morgan fingerprint density at radius 2 is 1.71 bits per heavy atom. The maximum atomic E-state index is 10.4. The van der Waals surface area contributed by atoms with Crippen molar-refractivity contribution in [2.75, 3.05) is 18.1 Å². The molecule has 0 radical (unpaired) electrons. The summed E-state index contributed by atoms with van der Waals surface area (Å²) in [4.78, 5) is 0. The van der Waals surface area contributed by atoms with Crippen LogP contribution in [-0.4, -0.2) is 39.5 Å². The van der Waals surface area contributed by atoms with Crippen molar-refractivity contribution in [2.45, 2.75) is 19.8 Å². The molecule has 0 saturated carbocycles. The second-order valence-electron chi connectivity index (χ2n) is 2.69. The summed E-state index contributed by atoms with van der Waals surface area (Å²) in [5.41, 5.74) is 0. The fraction of sp³-hybridized carbons (Fsp3) is 1.00. The van der Waals surface area contributed by atoms with Gasteiger partial charge in [0.1, 0.15) is 9.84 Å². The fourth-order valence-corrected chi connectivity index (χ4v) is 2.68. The summed E-state index contributed by atoms with van der Waals surface area (Å²) >= 11 is 0. The minimum absolute atomic E-state index is 0.0289. The summed E-state index contributed by atoms with van der Waals surface area (Å²) in [5, 5.41) is 0. The molecule has 0 aromatic heterocycles. The van der Waals surface area contributed by atoms with E-state index in [2.05, 4.69) is 4.18 Å². The molecule has 0 aromatic rings. The highest BCUT2D eigenvalue weighted by Crippen LogP contribution is 2.08. The first-order valence-corrected chi connectivity index (χ1v) is 7.28. The third kappa shape index (κ3) is 8.42. The Kier molecular flexibility index (Phi) is 5.57. The zero-order chi connectivity index (χ0) is 11.2. The lowest BCUT2D eigenvalue weighted by atomic mass is 10.4. The van der Waals surface area contributed by atoms with Crippen LogP contribution in [0.25, 0.3) is 0 Å². The Morgan fingerprint density at radius 3 is 1.79 bits per heavy atom. The van der Waals surface area contributed by atoms with Gasteiger partial charge in [0, 0.05) is 0 Å². The Bertz CT molecular complexity index is 329. The highest BCUT2D eigenvalue weighted by molar-refractivity contribution is 7.91. The molecular formula is C6H14O6S2. The first kappa shape index (κ1) is 13.8. The van der Waals surface area contributed by atoms with Crippen molar-refractivity contribution in [1.29, 1.82) is 0 Å². The highest BCUT2D eigenvalue weighted by Gasteiger charge is 2.16. The molecule has 1 N–H and O–H groups in total. The molecule has 1 rings (SSSR count). The van der Waals surface area contributed by atoms with Gasteiger partial charge in [-0.25, -0.2) is 12.6 Å². The van der Waals surface area contributed by atoms with Gasteiger partial charge >= 0.3 is 10.4 Å². The minimum Gasteiger partial charge on any atom is -0.264 e. The standard InChI is InChI=1S/C4H8O2S.C2H6O4S/c5-7(6)3-1-2-4-7;1-2-6-7(3,4)5/h1-4H2;2H2,1H3,(H,3,4,5). The van der Waals surface area contributed by atoms with Crippen LogP contribution in [0.2, 0.25) is 0 Å². The summed E-state index contributed by atoms with van der Waals surface area (Å²) in [7, 11) is -6.72. The van der Waals surface area contributed by atoms with Crippen molar-refractivity contribution in [3.63, 3.8) is 0 Å². The molecule has 1 aliphatic heterocycles. The van der Waals surface area contributed by atoms with Crippen LogP contribution < -0.4 is 0 Å². The minimum atomic E-state index is -4.17. The zero-order valence-corrected chi connectivity index (χ0v) is 9.47. The van der Waals surface area contributed by atoms with Crippen molar-refractivity contribution >= 4 is 20.2 Å². The summed E-state index contributed by atoms with van der Waals surface area (Å²) in [6, 6.07) is 0. The molecule has 0 amide bonds. The quantitative estimate of drug-likeness (QED) is 0.690. The number of hydrogen-bond donors (Lipinski definition) is 1. The lowest BCUT2D eigenvalue weighted by molar-refractivity contribution is 0.283. The normalized spacial score (nSPS) is 19.9. The number of hydrogen-bond acceptors (Lipinski definition) is 5. The number of rotatable bonds is 2. The van der Waals surface area contributed by atoms with Crippen molar-refractivity contribution in [3.05, 3.63) is 0 Å². The number of sulfone groups is 1. The van der Waals surface area contributed by atoms with E-state index < -0.39 is 20.2 Å². The Labute approximate surface area is 84.1 Å². The first-order valence-electron chi connectivity index (χ1n) is 4.09. The molecule has 1 saturated heterocycles. The highest BCUT2D eigenvalue weighted by atomic mass is 32.3. The van der Waals surface area contributed by atoms with Crippen LogP contribution in [0.3, 0.4) is 0 Å². The largest absolute Gasteiger partial charge is 0.397 e. The molecule has 0 bridgehead atoms. The van der Waals surface area contributed by atoms with E-state index in [0.717, 1.165) is 12.8 Å². The van der Waals surface area contributed by atoms with Gasteiger partial charge in [0.15, 0.2) is 0 Å². The molecule has 0 unspecified atom stereocenters. The van der Waals surface area contributed by atoms with Gasteiger partial charge in [0.05, 0.1) is 18.1 Å². The molecular weight excluding hydrogens is 232 g/mol.